The molecule has 8 heteroatoms. The first-order chi connectivity index (χ1) is 16.8. The number of benzene rings is 2. The maximum absolute atomic E-state index is 14.3. The maximum atomic E-state index is 14.3. The number of carbonyl (C=O) groups excluding carboxylic acids is 2. The Bertz CT molecular complexity index is 1110. The second-order valence-electron chi connectivity index (χ2n) is 9.43. The molecular formula is C27H31FN2O5. The highest BCUT2D eigenvalue weighted by Crippen LogP contribution is 2.40. The Morgan fingerprint density at radius 3 is 2.11 bits per heavy atom. The van der Waals surface area contributed by atoms with Crippen LogP contribution in [0.5, 0.6) is 5.75 Å². The van der Waals surface area contributed by atoms with Crippen molar-refractivity contribution in [2.75, 3.05) is 13.1 Å². The molecular weight excluding hydrogens is 451 g/mol. The van der Waals surface area contributed by atoms with Gasteiger partial charge in [0.05, 0.1) is 17.6 Å². The van der Waals surface area contributed by atoms with E-state index in [0.29, 0.717) is 42.9 Å². The van der Waals surface area contributed by atoms with Gasteiger partial charge >= 0.3 is 5.97 Å². The summed E-state index contributed by atoms with van der Waals surface area (Å²) >= 11 is 0. The van der Waals surface area contributed by atoms with Gasteiger partial charge in [-0.2, -0.15) is 0 Å². The van der Waals surface area contributed by atoms with E-state index in [9.17, 15) is 18.8 Å². The van der Waals surface area contributed by atoms with E-state index in [2.05, 4.69) is 10.6 Å². The Kier molecular flexibility index (Phi) is 7.68. The van der Waals surface area contributed by atoms with Crippen LogP contribution in [0.15, 0.2) is 36.4 Å². The van der Waals surface area contributed by atoms with Gasteiger partial charge < -0.3 is 20.5 Å². The van der Waals surface area contributed by atoms with Crippen LogP contribution in [-0.4, -0.2) is 42.1 Å². The van der Waals surface area contributed by atoms with E-state index in [1.54, 1.807) is 24.3 Å². The number of aliphatic carboxylic acids is 1. The number of hydrogen-bond acceptors (Lipinski definition) is 4. The molecule has 2 saturated carbocycles. The molecule has 0 aliphatic heterocycles. The summed E-state index contributed by atoms with van der Waals surface area (Å²) in [6, 6.07) is 9.98. The molecule has 0 atom stereocenters. The summed E-state index contributed by atoms with van der Waals surface area (Å²) in [6.45, 7) is 2.20. The van der Waals surface area contributed by atoms with Crippen molar-refractivity contribution in [1.29, 1.82) is 0 Å². The van der Waals surface area contributed by atoms with Gasteiger partial charge in [-0.1, -0.05) is 6.07 Å². The van der Waals surface area contributed by atoms with E-state index in [0.717, 1.165) is 24.0 Å². The SMILES string of the molecule is Cc1cc(O[C@H]2CC[C@@H](C(=O)O)CC2)ccc1C(=O)NCCNC(=O)c1ccc(C2CC2)cc1F. The Balaban J connectivity index is 1.22. The number of amides is 2. The number of ether oxygens (including phenoxy) is 1. The van der Waals surface area contributed by atoms with Crippen LogP contribution in [0.2, 0.25) is 0 Å². The minimum absolute atomic E-state index is 0.00334. The zero-order valence-electron chi connectivity index (χ0n) is 19.8. The number of hydrogen-bond donors (Lipinski definition) is 3. The number of carbonyl (C=O) groups is 3. The lowest BCUT2D eigenvalue weighted by atomic mass is 9.87. The molecule has 0 spiro atoms. The van der Waals surface area contributed by atoms with Crippen LogP contribution in [-0.2, 0) is 4.79 Å². The number of rotatable bonds is 9. The monoisotopic (exact) mass is 482 g/mol. The number of carboxylic acid groups (broad SMARTS) is 1. The summed E-state index contributed by atoms with van der Waals surface area (Å²) in [5.74, 6) is -1.27. The Labute approximate surface area is 204 Å². The van der Waals surface area contributed by atoms with Gasteiger partial charge in [0.1, 0.15) is 11.6 Å². The molecule has 0 saturated heterocycles. The molecule has 0 heterocycles. The van der Waals surface area contributed by atoms with Gasteiger partial charge in [-0.05, 0) is 92.8 Å². The second kappa shape index (κ2) is 10.9. The first-order valence-corrected chi connectivity index (χ1v) is 12.2. The predicted octanol–water partition coefficient (Wildman–Crippen LogP) is 4.19. The fraction of sp³-hybridized carbons (Fsp3) is 0.444. The van der Waals surface area contributed by atoms with Crippen LogP contribution in [0.3, 0.4) is 0 Å². The molecule has 2 aliphatic rings. The van der Waals surface area contributed by atoms with Crippen molar-refractivity contribution in [3.05, 3.63) is 64.5 Å². The van der Waals surface area contributed by atoms with E-state index in [1.807, 2.05) is 6.92 Å². The lowest BCUT2D eigenvalue weighted by Gasteiger charge is -2.27. The molecule has 0 bridgehead atoms. The average Bonchev–Trinajstić information content (AvgIpc) is 3.67. The maximum Gasteiger partial charge on any atom is 0.306 e. The smallest absolute Gasteiger partial charge is 0.306 e. The van der Waals surface area contributed by atoms with Gasteiger partial charge in [0.25, 0.3) is 11.8 Å². The third-order valence-corrected chi connectivity index (χ3v) is 6.75. The zero-order valence-corrected chi connectivity index (χ0v) is 19.8. The van der Waals surface area contributed by atoms with E-state index in [1.165, 1.54) is 12.1 Å². The Hall–Kier alpha value is -3.42. The highest BCUT2D eigenvalue weighted by Gasteiger charge is 2.27. The van der Waals surface area contributed by atoms with Crippen molar-refractivity contribution in [3.8, 4) is 5.75 Å². The molecule has 7 nitrogen and oxygen atoms in total. The van der Waals surface area contributed by atoms with E-state index >= 15 is 0 Å². The van der Waals surface area contributed by atoms with Gasteiger partial charge in [-0.15, -0.1) is 0 Å². The van der Waals surface area contributed by atoms with Gasteiger partial charge in [-0.25, -0.2) is 4.39 Å². The number of carboxylic acids is 1. The van der Waals surface area contributed by atoms with Crippen LogP contribution in [0.1, 0.15) is 76.3 Å². The lowest BCUT2D eigenvalue weighted by Crippen LogP contribution is -2.35. The third kappa shape index (κ3) is 6.38. The Morgan fingerprint density at radius 1 is 0.914 bits per heavy atom. The number of halogens is 1. The van der Waals surface area contributed by atoms with Crippen LogP contribution >= 0.6 is 0 Å². The summed E-state index contributed by atoms with van der Waals surface area (Å²) in [5.41, 5.74) is 2.19. The Morgan fingerprint density at radius 2 is 1.54 bits per heavy atom. The lowest BCUT2D eigenvalue weighted by molar-refractivity contribution is -0.143. The van der Waals surface area contributed by atoms with Gasteiger partial charge in [0.15, 0.2) is 0 Å². The first-order valence-electron chi connectivity index (χ1n) is 12.2. The largest absolute Gasteiger partial charge is 0.490 e. The standard InChI is InChI=1S/C27H31FN2O5/c1-16-14-21(35-20-7-4-18(5-8-20)27(33)34)9-11-22(16)25(31)29-12-13-30-26(32)23-10-6-19(15-24(23)28)17-2-3-17/h6,9-11,14-15,17-18,20H,2-5,7-8,12-13H2,1H3,(H,29,31)(H,30,32)(H,33,34)/t18-,20+. The average molecular weight is 483 g/mol. The minimum Gasteiger partial charge on any atom is -0.490 e. The van der Waals surface area contributed by atoms with E-state index in [4.69, 9.17) is 9.84 Å². The number of aryl methyl sites for hydroxylation is 1. The highest BCUT2D eigenvalue weighted by atomic mass is 19.1. The van der Waals surface area contributed by atoms with Crippen molar-refractivity contribution in [3.63, 3.8) is 0 Å². The van der Waals surface area contributed by atoms with Crippen molar-refractivity contribution in [2.24, 2.45) is 5.92 Å². The minimum atomic E-state index is -0.746. The van der Waals surface area contributed by atoms with E-state index in [-0.39, 0.29) is 36.6 Å². The van der Waals surface area contributed by atoms with Crippen LogP contribution in [0.4, 0.5) is 4.39 Å². The molecule has 0 aromatic heterocycles. The fourth-order valence-electron chi connectivity index (χ4n) is 4.51. The summed E-state index contributed by atoms with van der Waals surface area (Å²) in [7, 11) is 0. The highest BCUT2D eigenvalue weighted by molar-refractivity contribution is 5.96. The van der Waals surface area contributed by atoms with Gasteiger partial charge in [0.2, 0.25) is 0 Å². The summed E-state index contributed by atoms with van der Waals surface area (Å²) < 4.78 is 20.3. The topological polar surface area (TPSA) is 105 Å². The molecule has 0 unspecified atom stereocenters. The molecule has 2 amide bonds. The van der Waals surface area contributed by atoms with Crippen molar-refractivity contribution in [1.82, 2.24) is 10.6 Å². The van der Waals surface area contributed by atoms with Crippen LogP contribution < -0.4 is 15.4 Å². The molecule has 3 N–H and O–H groups in total. The van der Waals surface area contributed by atoms with Gasteiger partial charge in [-0.3, -0.25) is 14.4 Å². The fourth-order valence-corrected chi connectivity index (χ4v) is 4.51. The molecule has 2 aromatic rings. The third-order valence-electron chi connectivity index (χ3n) is 6.75. The molecule has 2 fully saturated rings. The van der Waals surface area contributed by atoms with Crippen molar-refractivity contribution < 1.29 is 28.6 Å². The van der Waals surface area contributed by atoms with Crippen LogP contribution in [0, 0.1) is 18.7 Å². The van der Waals surface area contributed by atoms with Crippen LogP contribution in [0.25, 0.3) is 0 Å². The molecule has 35 heavy (non-hydrogen) atoms. The number of nitrogens with one attached hydrogen (secondary N) is 2. The molecule has 0 radical (unpaired) electrons. The summed E-state index contributed by atoms with van der Waals surface area (Å²) in [4.78, 5) is 35.9. The van der Waals surface area contributed by atoms with Crippen molar-refractivity contribution >= 4 is 17.8 Å². The van der Waals surface area contributed by atoms with Crippen molar-refractivity contribution in [2.45, 2.75) is 57.5 Å². The molecule has 2 aromatic carbocycles. The first kappa shape index (κ1) is 24.7. The van der Waals surface area contributed by atoms with E-state index < -0.39 is 17.7 Å². The molecule has 186 valence electrons. The predicted molar refractivity (Wildman–Crippen MR) is 128 cm³/mol. The second-order valence-corrected chi connectivity index (χ2v) is 9.43. The summed E-state index contributed by atoms with van der Waals surface area (Å²) in [6.07, 6.45) is 4.70. The molecule has 2 aliphatic carbocycles. The zero-order chi connectivity index (χ0) is 24.9. The van der Waals surface area contributed by atoms with Gasteiger partial charge in [0, 0.05) is 18.7 Å². The quantitative estimate of drug-likeness (QED) is 0.465. The normalized spacial score (nSPS) is 19.6. The molecule has 4 rings (SSSR count). The summed E-state index contributed by atoms with van der Waals surface area (Å²) in [5, 5.41) is 14.5.